The van der Waals surface area contributed by atoms with Crippen molar-refractivity contribution in [2.45, 2.75) is 53.4 Å². The van der Waals surface area contributed by atoms with E-state index in [2.05, 4.69) is 38.9 Å². The van der Waals surface area contributed by atoms with Crippen LogP contribution < -0.4 is 5.73 Å². The van der Waals surface area contributed by atoms with Crippen LogP contribution in [0.25, 0.3) is 0 Å². The topological polar surface area (TPSA) is 47.6 Å². The number of benzene rings is 1. The van der Waals surface area contributed by atoms with Crippen molar-refractivity contribution in [1.29, 1.82) is 0 Å². The van der Waals surface area contributed by atoms with Crippen LogP contribution in [0.3, 0.4) is 0 Å². The van der Waals surface area contributed by atoms with Gasteiger partial charge in [0.1, 0.15) is 6.61 Å². The maximum atomic E-state index is 5.97. The Balaban J connectivity index is 2.54. The van der Waals surface area contributed by atoms with E-state index in [-0.39, 0.29) is 0 Å². The van der Waals surface area contributed by atoms with Crippen molar-refractivity contribution >= 4 is 5.84 Å². The van der Waals surface area contributed by atoms with Gasteiger partial charge in [-0.25, -0.2) is 0 Å². The zero-order chi connectivity index (χ0) is 15.0. The molecule has 0 amide bonds. The average Bonchev–Trinajstić information content (AvgIpc) is 2.45. The maximum Gasteiger partial charge on any atom is 0.170 e. The van der Waals surface area contributed by atoms with E-state index < -0.39 is 0 Å². The van der Waals surface area contributed by atoms with E-state index in [0.29, 0.717) is 18.4 Å². The third-order valence-corrected chi connectivity index (χ3v) is 3.82. The highest BCUT2D eigenvalue weighted by Gasteiger charge is 2.07. The molecule has 3 nitrogen and oxygen atoms in total. The molecule has 1 unspecified atom stereocenters. The Morgan fingerprint density at radius 2 is 2.00 bits per heavy atom. The molecule has 0 saturated heterocycles. The van der Waals surface area contributed by atoms with Crippen molar-refractivity contribution in [3.05, 3.63) is 34.9 Å². The highest BCUT2D eigenvalue weighted by molar-refractivity contribution is 5.97. The summed E-state index contributed by atoms with van der Waals surface area (Å²) in [5.74, 6) is 1.03. The predicted molar refractivity (Wildman–Crippen MR) is 85.9 cm³/mol. The standard InChI is InChI=1S/C17H28N2O/c1-5-7-8-15(6-2)12-20-19-17(18)16-10-9-13(3)14(4)11-16/h9-11,15H,5-8,12H2,1-4H3,(H2,18,19). The van der Waals surface area contributed by atoms with Crippen LogP contribution in [0.2, 0.25) is 0 Å². The second-order valence-electron chi connectivity index (χ2n) is 5.49. The number of oxime groups is 1. The van der Waals surface area contributed by atoms with Gasteiger partial charge in [0, 0.05) is 5.56 Å². The Bertz CT molecular complexity index is 441. The Morgan fingerprint density at radius 1 is 1.25 bits per heavy atom. The van der Waals surface area contributed by atoms with E-state index in [0.717, 1.165) is 12.0 Å². The second kappa shape index (κ2) is 8.62. The zero-order valence-electron chi connectivity index (χ0n) is 13.3. The van der Waals surface area contributed by atoms with E-state index in [1.807, 2.05) is 12.1 Å². The van der Waals surface area contributed by atoms with Crippen molar-refractivity contribution in [3.63, 3.8) is 0 Å². The van der Waals surface area contributed by atoms with Crippen molar-refractivity contribution in [3.8, 4) is 0 Å². The lowest BCUT2D eigenvalue weighted by Gasteiger charge is -2.12. The zero-order valence-corrected chi connectivity index (χ0v) is 13.3. The summed E-state index contributed by atoms with van der Waals surface area (Å²) in [5, 5.41) is 4.06. The summed E-state index contributed by atoms with van der Waals surface area (Å²) >= 11 is 0. The van der Waals surface area contributed by atoms with Gasteiger partial charge in [0.15, 0.2) is 5.84 Å². The lowest BCUT2D eigenvalue weighted by atomic mass is 10.0. The molecule has 0 aliphatic rings. The Labute approximate surface area is 123 Å². The Hall–Kier alpha value is -1.51. The number of nitrogens with two attached hydrogens (primary N) is 1. The Morgan fingerprint density at radius 3 is 2.60 bits per heavy atom. The van der Waals surface area contributed by atoms with Gasteiger partial charge in [-0.2, -0.15) is 0 Å². The molecule has 0 spiro atoms. The largest absolute Gasteiger partial charge is 0.394 e. The number of nitrogens with zero attached hydrogens (tertiary/aromatic N) is 1. The van der Waals surface area contributed by atoms with Gasteiger partial charge < -0.3 is 10.6 Å². The van der Waals surface area contributed by atoms with Crippen LogP contribution in [0.15, 0.2) is 23.4 Å². The molecule has 1 rings (SSSR count). The van der Waals surface area contributed by atoms with E-state index >= 15 is 0 Å². The highest BCUT2D eigenvalue weighted by Crippen LogP contribution is 2.13. The lowest BCUT2D eigenvalue weighted by Crippen LogP contribution is -2.15. The quantitative estimate of drug-likeness (QED) is 0.440. The number of rotatable bonds is 8. The van der Waals surface area contributed by atoms with Crippen LogP contribution in [-0.2, 0) is 4.84 Å². The molecule has 0 fully saturated rings. The first-order valence-corrected chi connectivity index (χ1v) is 7.61. The summed E-state index contributed by atoms with van der Waals surface area (Å²) in [6, 6.07) is 6.09. The van der Waals surface area contributed by atoms with Gasteiger partial charge in [0.2, 0.25) is 0 Å². The van der Waals surface area contributed by atoms with Gasteiger partial charge in [-0.3, -0.25) is 0 Å². The van der Waals surface area contributed by atoms with Crippen LogP contribution in [0.1, 0.15) is 56.2 Å². The monoisotopic (exact) mass is 276 g/mol. The first-order chi connectivity index (χ1) is 9.58. The minimum absolute atomic E-state index is 0.457. The summed E-state index contributed by atoms with van der Waals surface area (Å²) in [5.41, 5.74) is 9.37. The van der Waals surface area contributed by atoms with Gasteiger partial charge in [-0.05, 0) is 49.8 Å². The van der Waals surface area contributed by atoms with Gasteiger partial charge in [0.25, 0.3) is 0 Å². The fourth-order valence-electron chi connectivity index (χ4n) is 2.06. The first-order valence-electron chi connectivity index (χ1n) is 7.61. The summed E-state index contributed by atoms with van der Waals surface area (Å²) in [4.78, 5) is 5.43. The van der Waals surface area contributed by atoms with E-state index in [4.69, 9.17) is 10.6 Å². The molecule has 2 N–H and O–H groups in total. The van der Waals surface area contributed by atoms with Gasteiger partial charge in [0.05, 0.1) is 0 Å². The van der Waals surface area contributed by atoms with Crippen molar-refractivity contribution in [2.24, 2.45) is 16.8 Å². The van der Waals surface area contributed by atoms with Crippen LogP contribution >= 0.6 is 0 Å². The number of aryl methyl sites for hydroxylation is 2. The third kappa shape index (κ3) is 5.24. The average molecular weight is 276 g/mol. The minimum atomic E-state index is 0.457. The van der Waals surface area contributed by atoms with Crippen LogP contribution in [0, 0.1) is 19.8 Å². The highest BCUT2D eigenvalue weighted by atomic mass is 16.6. The smallest absolute Gasteiger partial charge is 0.170 e. The van der Waals surface area contributed by atoms with E-state index in [1.165, 1.54) is 30.4 Å². The molecular formula is C17H28N2O. The molecule has 1 aromatic rings. The number of amidine groups is 1. The first kappa shape index (κ1) is 16.5. The van der Waals surface area contributed by atoms with Gasteiger partial charge in [-0.15, -0.1) is 0 Å². The van der Waals surface area contributed by atoms with E-state index in [9.17, 15) is 0 Å². The maximum absolute atomic E-state index is 5.97. The molecule has 1 aromatic carbocycles. The van der Waals surface area contributed by atoms with Crippen molar-refractivity contribution in [1.82, 2.24) is 0 Å². The molecule has 1 atom stereocenters. The molecule has 0 saturated carbocycles. The fraction of sp³-hybridized carbons (Fsp3) is 0.588. The van der Waals surface area contributed by atoms with Crippen LogP contribution in [0.5, 0.6) is 0 Å². The summed E-state index contributed by atoms with van der Waals surface area (Å²) in [6.45, 7) is 9.22. The predicted octanol–water partition coefficient (Wildman–Crippen LogP) is 4.16. The molecule has 0 bridgehead atoms. The molecule has 0 radical (unpaired) electrons. The molecule has 0 aliphatic heterocycles. The normalized spacial score (nSPS) is 13.3. The van der Waals surface area contributed by atoms with Gasteiger partial charge in [-0.1, -0.05) is 44.0 Å². The molecule has 3 heteroatoms. The SMILES string of the molecule is CCCCC(CC)CO/N=C(\N)c1ccc(C)c(C)c1. The van der Waals surface area contributed by atoms with E-state index in [1.54, 1.807) is 0 Å². The van der Waals surface area contributed by atoms with Crippen LogP contribution in [0.4, 0.5) is 0 Å². The Kier molecular flexibility index (Phi) is 7.13. The fourth-order valence-corrected chi connectivity index (χ4v) is 2.06. The molecule has 0 heterocycles. The number of unbranched alkanes of at least 4 members (excludes halogenated alkanes) is 1. The molecule has 20 heavy (non-hydrogen) atoms. The number of hydrogen-bond acceptors (Lipinski definition) is 2. The molecule has 0 aliphatic carbocycles. The van der Waals surface area contributed by atoms with Crippen molar-refractivity contribution in [2.75, 3.05) is 6.61 Å². The second-order valence-corrected chi connectivity index (χ2v) is 5.49. The summed E-state index contributed by atoms with van der Waals surface area (Å²) in [6.07, 6.45) is 4.80. The lowest BCUT2D eigenvalue weighted by molar-refractivity contribution is 0.101. The van der Waals surface area contributed by atoms with Gasteiger partial charge >= 0.3 is 0 Å². The number of hydrogen-bond donors (Lipinski definition) is 1. The molecule has 0 aromatic heterocycles. The molecule has 112 valence electrons. The summed E-state index contributed by atoms with van der Waals surface area (Å²) < 4.78 is 0. The molecular weight excluding hydrogens is 248 g/mol. The van der Waals surface area contributed by atoms with Crippen molar-refractivity contribution < 1.29 is 4.84 Å². The van der Waals surface area contributed by atoms with Crippen LogP contribution in [-0.4, -0.2) is 12.4 Å². The minimum Gasteiger partial charge on any atom is -0.394 e. The third-order valence-electron chi connectivity index (χ3n) is 3.82. The summed E-state index contributed by atoms with van der Waals surface area (Å²) in [7, 11) is 0.